The number of carbonyl (C=O) groups excluding carboxylic acids is 1. The van der Waals surface area contributed by atoms with E-state index in [9.17, 15) is 9.59 Å². The Hall–Kier alpha value is -2.65. The van der Waals surface area contributed by atoms with E-state index in [0.717, 1.165) is 30.0 Å². The highest BCUT2D eigenvalue weighted by molar-refractivity contribution is 7.14. The summed E-state index contributed by atoms with van der Waals surface area (Å²) in [5, 5.41) is 15.4. The average molecular weight is 390 g/mol. The predicted molar refractivity (Wildman–Crippen MR) is 104 cm³/mol. The van der Waals surface area contributed by atoms with Gasteiger partial charge in [0.25, 0.3) is 0 Å². The summed E-state index contributed by atoms with van der Waals surface area (Å²) >= 11 is 1.30. The van der Waals surface area contributed by atoms with Crippen molar-refractivity contribution < 1.29 is 19.4 Å². The van der Waals surface area contributed by atoms with Gasteiger partial charge < -0.3 is 25.4 Å². The molecule has 3 rings (SSSR count). The zero-order valence-corrected chi connectivity index (χ0v) is 16.0. The van der Waals surface area contributed by atoms with Crippen LogP contribution in [-0.4, -0.2) is 53.9 Å². The minimum absolute atomic E-state index is 0.179. The van der Waals surface area contributed by atoms with Crippen molar-refractivity contribution in [2.75, 3.05) is 29.9 Å². The van der Waals surface area contributed by atoms with Crippen molar-refractivity contribution in [2.24, 2.45) is 0 Å². The number of carbonyl (C=O) groups is 2. The number of thiazole rings is 1. The van der Waals surface area contributed by atoms with Crippen LogP contribution in [0.15, 0.2) is 29.6 Å². The molecular formula is C18H22N4O4S. The normalized spacial score (nSPS) is 19.6. The van der Waals surface area contributed by atoms with Crippen molar-refractivity contribution in [1.29, 1.82) is 0 Å². The molecule has 2 unspecified atom stereocenters. The molecule has 9 heteroatoms. The van der Waals surface area contributed by atoms with Gasteiger partial charge in [0.15, 0.2) is 5.13 Å². The third-order valence-corrected chi connectivity index (χ3v) is 4.84. The highest BCUT2D eigenvalue weighted by atomic mass is 32.1. The van der Waals surface area contributed by atoms with Crippen LogP contribution in [0.1, 0.15) is 13.8 Å². The Bertz CT molecular complexity index is 815. The number of benzene rings is 1. The average Bonchev–Trinajstić information content (AvgIpc) is 3.08. The number of rotatable bonds is 5. The minimum Gasteiger partial charge on any atom is -0.465 e. The van der Waals surface area contributed by atoms with Crippen LogP contribution in [0, 0.1) is 0 Å². The Morgan fingerprint density at radius 2 is 2.07 bits per heavy atom. The van der Waals surface area contributed by atoms with Crippen molar-refractivity contribution in [3.63, 3.8) is 0 Å². The summed E-state index contributed by atoms with van der Waals surface area (Å²) < 4.78 is 5.79. The molecule has 1 aliphatic heterocycles. The first-order chi connectivity index (χ1) is 12.9. The molecule has 1 aliphatic rings. The second-order valence-electron chi connectivity index (χ2n) is 6.46. The Kier molecular flexibility index (Phi) is 5.92. The van der Waals surface area contributed by atoms with Gasteiger partial charge >= 0.3 is 6.09 Å². The first kappa shape index (κ1) is 19.1. The second-order valence-corrected chi connectivity index (χ2v) is 7.32. The van der Waals surface area contributed by atoms with Gasteiger partial charge in [0.05, 0.1) is 17.9 Å². The molecule has 144 valence electrons. The second kappa shape index (κ2) is 8.36. The lowest BCUT2D eigenvalue weighted by Crippen LogP contribution is -2.45. The number of nitrogens with one attached hydrogen (secondary N) is 2. The van der Waals surface area contributed by atoms with Gasteiger partial charge in [-0.25, -0.2) is 9.78 Å². The number of hydrogen-bond acceptors (Lipinski definition) is 6. The van der Waals surface area contributed by atoms with Crippen LogP contribution < -0.4 is 15.5 Å². The van der Waals surface area contributed by atoms with E-state index in [2.05, 4.69) is 41.2 Å². The summed E-state index contributed by atoms with van der Waals surface area (Å²) in [7, 11) is 0. The molecule has 1 saturated heterocycles. The van der Waals surface area contributed by atoms with Crippen molar-refractivity contribution in [2.45, 2.75) is 26.1 Å². The van der Waals surface area contributed by atoms with E-state index in [1.165, 1.54) is 11.3 Å². The Morgan fingerprint density at radius 1 is 1.33 bits per heavy atom. The number of carboxylic acid groups (broad SMARTS) is 1. The Balaban J connectivity index is 1.69. The fourth-order valence-electron chi connectivity index (χ4n) is 3.03. The number of anilines is 2. The maximum Gasteiger partial charge on any atom is 0.405 e. The summed E-state index contributed by atoms with van der Waals surface area (Å²) in [5.74, 6) is -0.455. The molecule has 27 heavy (non-hydrogen) atoms. The highest BCUT2D eigenvalue weighted by Crippen LogP contribution is 2.29. The quantitative estimate of drug-likeness (QED) is 0.725. The molecule has 3 N–H and O–H groups in total. The van der Waals surface area contributed by atoms with E-state index < -0.39 is 12.0 Å². The monoisotopic (exact) mass is 390 g/mol. The molecule has 2 heterocycles. The van der Waals surface area contributed by atoms with Crippen LogP contribution in [0.25, 0.3) is 11.3 Å². The Morgan fingerprint density at radius 3 is 2.78 bits per heavy atom. The summed E-state index contributed by atoms with van der Waals surface area (Å²) in [4.78, 5) is 28.9. The van der Waals surface area contributed by atoms with E-state index in [1.807, 2.05) is 22.8 Å². The predicted octanol–water partition coefficient (Wildman–Crippen LogP) is 2.63. The SMILES string of the molecule is CC1CN(c2cccc(-c3csc(NC(=O)CNC(=O)O)n3)c2)CC(C)O1. The van der Waals surface area contributed by atoms with E-state index in [4.69, 9.17) is 9.84 Å². The molecule has 0 bridgehead atoms. The number of nitrogens with zero attached hydrogens (tertiary/aromatic N) is 2. The fourth-order valence-corrected chi connectivity index (χ4v) is 3.77. The largest absolute Gasteiger partial charge is 0.465 e. The summed E-state index contributed by atoms with van der Waals surface area (Å²) in [6.45, 7) is 5.50. The van der Waals surface area contributed by atoms with Gasteiger partial charge in [0.2, 0.25) is 5.91 Å². The van der Waals surface area contributed by atoms with E-state index in [0.29, 0.717) is 5.13 Å². The lowest BCUT2D eigenvalue weighted by Gasteiger charge is -2.37. The standard InChI is InChI=1S/C18H22N4O4S/c1-11-8-22(9-12(2)26-11)14-5-3-4-13(6-14)15-10-27-17(20-15)21-16(23)7-19-18(24)25/h3-6,10-12,19H,7-9H2,1-2H3,(H,24,25)(H,20,21,23). The van der Waals surface area contributed by atoms with Gasteiger partial charge in [-0.15, -0.1) is 11.3 Å². The lowest BCUT2D eigenvalue weighted by atomic mass is 10.1. The summed E-state index contributed by atoms with van der Waals surface area (Å²) in [5.41, 5.74) is 2.83. The Labute approximate surface area is 161 Å². The van der Waals surface area contributed by atoms with E-state index in [1.54, 1.807) is 0 Å². The number of morpholine rings is 1. The van der Waals surface area contributed by atoms with Crippen LogP contribution in [-0.2, 0) is 9.53 Å². The van der Waals surface area contributed by atoms with Gasteiger partial charge in [-0.1, -0.05) is 12.1 Å². The molecule has 0 aliphatic carbocycles. The van der Waals surface area contributed by atoms with Crippen molar-refractivity contribution in [3.8, 4) is 11.3 Å². The smallest absolute Gasteiger partial charge is 0.405 e. The molecule has 0 radical (unpaired) electrons. The first-order valence-corrected chi connectivity index (χ1v) is 9.51. The summed E-state index contributed by atoms with van der Waals surface area (Å²) in [6, 6.07) is 8.12. The van der Waals surface area contributed by atoms with E-state index >= 15 is 0 Å². The highest BCUT2D eigenvalue weighted by Gasteiger charge is 2.22. The van der Waals surface area contributed by atoms with Crippen molar-refractivity contribution in [3.05, 3.63) is 29.6 Å². The molecule has 2 aromatic rings. The van der Waals surface area contributed by atoms with Crippen LogP contribution in [0.3, 0.4) is 0 Å². The zero-order chi connectivity index (χ0) is 19.4. The van der Waals surface area contributed by atoms with Gasteiger partial charge in [-0.3, -0.25) is 4.79 Å². The van der Waals surface area contributed by atoms with Crippen LogP contribution in [0.2, 0.25) is 0 Å². The van der Waals surface area contributed by atoms with Gasteiger partial charge in [0.1, 0.15) is 6.54 Å². The molecule has 0 saturated carbocycles. The first-order valence-electron chi connectivity index (χ1n) is 8.63. The number of aromatic nitrogens is 1. The van der Waals surface area contributed by atoms with Crippen LogP contribution in [0.4, 0.5) is 15.6 Å². The fraction of sp³-hybridized carbons (Fsp3) is 0.389. The molecule has 8 nitrogen and oxygen atoms in total. The number of amides is 2. The third kappa shape index (κ3) is 5.18. The molecular weight excluding hydrogens is 368 g/mol. The van der Waals surface area contributed by atoms with Crippen molar-refractivity contribution in [1.82, 2.24) is 10.3 Å². The molecule has 1 aromatic heterocycles. The van der Waals surface area contributed by atoms with Gasteiger partial charge in [-0.05, 0) is 26.0 Å². The van der Waals surface area contributed by atoms with Crippen LogP contribution in [0.5, 0.6) is 0 Å². The number of hydrogen-bond donors (Lipinski definition) is 3. The number of ether oxygens (including phenoxy) is 1. The maximum atomic E-state index is 11.7. The zero-order valence-electron chi connectivity index (χ0n) is 15.1. The minimum atomic E-state index is -1.24. The topological polar surface area (TPSA) is 104 Å². The van der Waals surface area contributed by atoms with Crippen LogP contribution >= 0.6 is 11.3 Å². The molecule has 2 amide bonds. The van der Waals surface area contributed by atoms with Gasteiger partial charge in [0, 0.05) is 29.7 Å². The third-order valence-electron chi connectivity index (χ3n) is 4.08. The van der Waals surface area contributed by atoms with Crippen molar-refractivity contribution >= 4 is 34.2 Å². The van der Waals surface area contributed by atoms with E-state index in [-0.39, 0.29) is 18.8 Å². The van der Waals surface area contributed by atoms with Gasteiger partial charge in [-0.2, -0.15) is 0 Å². The molecule has 1 fully saturated rings. The molecule has 1 aromatic carbocycles. The molecule has 0 spiro atoms. The maximum absolute atomic E-state index is 11.7. The summed E-state index contributed by atoms with van der Waals surface area (Å²) in [6.07, 6.45) is -0.885. The lowest BCUT2D eigenvalue weighted by molar-refractivity contribution is -0.115. The molecule has 2 atom stereocenters.